The number of carbonyl (C=O) groups excluding carboxylic acids is 1. The van der Waals surface area contributed by atoms with Crippen molar-refractivity contribution in [1.29, 1.82) is 0 Å². The Labute approximate surface area is 142 Å². The van der Waals surface area contributed by atoms with Crippen LogP contribution in [0.4, 0.5) is 11.4 Å². The molecule has 0 saturated heterocycles. The standard InChI is InChI=1S/C14H10Cl4N2O/c1-8(21)19-20(13-4-2-9(15)6-11(13)17)14-5-3-10(16)7-12(14)18/h2-7H,1H3,(H,19,21). The number of amides is 1. The van der Waals surface area contributed by atoms with Gasteiger partial charge in [0.2, 0.25) is 5.91 Å². The summed E-state index contributed by atoms with van der Waals surface area (Å²) in [6.45, 7) is 1.39. The van der Waals surface area contributed by atoms with Crippen LogP contribution in [0.3, 0.4) is 0 Å². The molecule has 0 radical (unpaired) electrons. The van der Waals surface area contributed by atoms with Crippen molar-refractivity contribution < 1.29 is 4.79 Å². The van der Waals surface area contributed by atoms with Crippen LogP contribution in [0.1, 0.15) is 6.92 Å². The van der Waals surface area contributed by atoms with E-state index in [4.69, 9.17) is 46.4 Å². The molecule has 2 aromatic carbocycles. The van der Waals surface area contributed by atoms with E-state index in [-0.39, 0.29) is 5.91 Å². The van der Waals surface area contributed by atoms with Crippen molar-refractivity contribution in [2.75, 3.05) is 5.01 Å². The Morgan fingerprint density at radius 2 is 1.33 bits per heavy atom. The zero-order valence-corrected chi connectivity index (χ0v) is 13.9. The van der Waals surface area contributed by atoms with Crippen molar-refractivity contribution in [3.8, 4) is 0 Å². The van der Waals surface area contributed by atoms with Gasteiger partial charge in [0.25, 0.3) is 0 Å². The summed E-state index contributed by atoms with van der Waals surface area (Å²) in [6.07, 6.45) is 0. The van der Waals surface area contributed by atoms with Gasteiger partial charge in [0.05, 0.1) is 21.4 Å². The highest BCUT2D eigenvalue weighted by Crippen LogP contribution is 2.36. The molecule has 0 bridgehead atoms. The Kier molecular flexibility index (Phi) is 5.22. The van der Waals surface area contributed by atoms with Gasteiger partial charge in [-0.2, -0.15) is 0 Å². The minimum atomic E-state index is -0.271. The smallest absolute Gasteiger partial charge is 0.235 e. The molecular formula is C14H10Cl4N2O. The fourth-order valence-corrected chi connectivity index (χ4v) is 2.72. The third kappa shape index (κ3) is 3.95. The number of hydrogen-bond acceptors (Lipinski definition) is 2. The third-order valence-electron chi connectivity index (χ3n) is 2.57. The highest BCUT2D eigenvalue weighted by atomic mass is 35.5. The van der Waals surface area contributed by atoms with Crippen LogP contribution in [0.2, 0.25) is 20.1 Å². The second-order valence-electron chi connectivity index (χ2n) is 4.19. The number of benzene rings is 2. The average Bonchev–Trinajstić information content (AvgIpc) is 2.36. The third-order valence-corrected chi connectivity index (χ3v) is 3.65. The molecule has 110 valence electrons. The summed E-state index contributed by atoms with van der Waals surface area (Å²) in [5.74, 6) is -0.271. The number of anilines is 2. The summed E-state index contributed by atoms with van der Waals surface area (Å²) in [6, 6.07) is 9.87. The molecule has 2 aromatic rings. The average molecular weight is 364 g/mol. The summed E-state index contributed by atoms with van der Waals surface area (Å²) in [4.78, 5) is 11.5. The first-order valence-corrected chi connectivity index (χ1v) is 7.37. The zero-order chi connectivity index (χ0) is 15.6. The molecule has 1 amide bonds. The van der Waals surface area contributed by atoms with Gasteiger partial charge in [0, 0.05) is 17.0 Å². The number of carbonyl (C=O) groups is 1. The first kappa shape index (κ1) is 16.2. The molecule has 0 aliphatic carbocycles. The predicted molar refractivity (Wildman–Crippen MR) is 88.9 cm³/mol. The monoisotopic (exact) mass is 362 g/mol. The fourth-order valence-electron chi connectivity index (χ4n) is 1.73. The molecule has 1 N–H and O–H groups in total. The molecule has 0 fully saturated rings. The quantitative estimate of drug-likeness (QED) is 0.731. The number of hydrazine groups is 1. The molecule has 0 unspecified atom stereocenters. The van der Waals surface area contributed by atoms with Crippen LogP contribution in [0, 0.1) is 0 Å². The number of nitrogens with one attached hydrogen (secondary N) is 1. The maximum absolute atomic E-state index is 11.5. The SMILES string of the molecule is CC(=O)NN(c1ccc(Cl)cc1Cl)c1ccc(Cl)cc1Cl. The zero-order valence-electron chi connectivity index (χ0n) is 10.8. The molecule has 0 saturated carbocycles. The lowest BCUT2D eigenvalue weighted by Gasteiger charge is -2.26. The topological polar surface area (TPSA) is 32.3 Å². The van der Waals surface area contributed by atoms with E-state index >= 15 is 0 Å². The van der Waals surface area contributed by atoms with E-state index in [1.807, 2.05) is 0 Å². The van der Waals surface area contributed by atoms with Crippen LogP contribution in [0.15, 0.2) is 36.4 Å². The first-order chi connectivity index (χ1) is 9.88. The lowest BCUT2D eigenvalue weighted by molar-refractivity contribution is -0.118. The molecule has 21 heavy (non-hydrogen) atoms. The molecule has 3 nitrogen and oxygen atoms in total. The van der Waals surface area contributed by atoms with Crippen LogP contribution in [-0.2, 0) is 4.79 Å². The molecule has 0 heterocycles. The molecule has 0 aromatic heterocycles. The van der Waals surface area contributed by atoms with Crippen molar-refractivity contribution in [3.05, 3.63) is 56.5 Å². The summed E-state index contributed by atoms with van der Waals surface area (Å²) in [5, 5.41) is 3.23. The van der Waals surface area contributed by atoms with Gasteiger partial charge in [-0.25, -0.2) is 0 Å². The van der Waals surface area contributed by atoms with E-state index in [0.717, 1.165) is 0 Å². The van der Waals surface area contributed by atoms with Gasteiger partial charge in [-0.15, -0.1) is 0 Å². The Balaban J connectivity index is 2.54. The van der Waals surface area contributed by atoms with E-state index in [0.29, 0.717) is 31.5 Å². The number of hydrogen-bond donors (Lipinski definition) is 1. The summed E-state index contributed by atoms with van der Waals surface area (Å²) < 4.78 is 0. The molecule has 0 spiro atoms. The van der Waals surface area contributed by atoms with Gasteiger partial charge in [0.15, 0.2) is 0 Å². The highest BCUT2D eigenvalue weighted by Gasteiger charge is 2.17. The van der Waals surface area contributed by atoms with Crippen molar-refractivity contribution in [3.63, 3.8) is 0 Å². The second-order valence-corrected chi connectivity index (χ2v) is 5.88. The molecule has 2 rings (SSSR count). The lowest BCUT2D eigenvalue weighted by atomic mass is 10.2. The maximum Gasteiger partial charge on any atom is 0.235 e. The Morgan fingerprint density at radius 1 is 0.905 bits per heavy atom. The van der Waals surface area contributed by atoms with Gasteiger partial charge < -0.3 is 0 Å². The van der Waals surface area contributed by atoms with E-state index in [1.165, 1.54) is 11.9 Å². The first-order valence-electron chi connectivity index (χ1n) is 5.86. The predicted octanol–water partition coefficient (Wildman–Crippen LogP) is 5.49. The van der Waals surface area contributed by atoms with E-state index < -0.39 is 0 Å². The van der Waals surface area contributed by atoms with Crippen LogP contribution in [0.5, 0.6) is 0 Å². The van der Waals surface area contributed by atoms with E-state index in [1.54, 1.807) is 36.4 Å². The van der Waals surface area contributed by atoms with Gasteiger partial charge in [-0.3, -0.25) is 15.2 Å². The largest absolute Gasteiger partial charge is 0.274 e. The minimum absolute atomic E-state index is 0.271. The normalized spacial score (nSPS) is 10.3. The Morgan fingerprint density at radius 3 is 1.67 bits per heavy atom. The molecular weight excluding hydrogens is 354 g/mol. The number of rotatable bonds is 3. The van der Waals surface area contributed by atoms with Gasteiger partial charge in [-0.1, -0.05) is 46.4 Å². The minimum Gasteiger partial charge on any atom is -0.274 e. The number of halogens is 4. The second kappa shape index (κ2) is 6.75. The van der Waals surface area contributed by atoms with Crippen molar-refractivity contribution in [1.82, 2.24) is 5.43 Å². The van der Waals surface area contributed by atoms with Crippen molar-refractivity contribution in [2.45, 2.75) is 6.92 Å². The van der Waals surface area contributed by atoms with Crippen LogP contribution >= 0.6 is 46.4 Å². The van der Waals surface area contributed by atoms with E-state index in [9.17, 15) is 4.79 Å². The highest BCUT2D eigenvalue weighted by molar-refractivity contribution is 6.38. The van der Waals surface area contributed by atoms with Crippen molar-refractivity contribution in [2.24, 2.45) is 0 Å². The van der Waals surface area contributed by atoms with Crippen LogP contribution in [0.25, 0.3) is 0 Å². The van der Waals surface area contributed by atoms with Crippen LogP contribution < -0.4 is 10.4 Å². The van der Waals surface area contributed by atoms with Gasteiger partial charge >= 0.3 is 0 Å². The van der Waals surface area contributed by atoms with Gasteiger partial charge in [0.1, 0.15) is 0 Å². The Hall–Kier alpha value is -1.13. The molecule has 0 aliphatic heterocycles. The van der Waals surface area contributed by atoms with Crippen LogP contribution in [-0.4, -0.2) is 5.91 Å². The molecule has 7 heteroatoms. The van der Waals surface area contributed by atoms with Crippen molar-refractivity contribution >= 4 is 63.7 Å². The molecule has 0 aliphatic rings. The lowest BCUT2D eigenvalue weighted by Crippen LogP contribution is -2.37. The maximum atomic E-state index is 11.5. The molecule has 0 atom stereocenters. The number of nitrogens with zero attached hydrogens (tertiary/aromatic N) is 1. The fraction of sp³-hybridized carbons (Fsp3) is 0.0714. The summed E-state index contributed by atoms with van der Waals surface area (Å²) >= 11 is 24.2. The van der Waals surface area contributed by atoms with E-state index in [2.05, 4.69) is 5.43 Å². The summed E-state index contributed by atoms with van der Waals surface area (Å²) in [7, 11) is 0. The Bertz CT molecular complexity index is 639. The van der Waals surface area contributed by atoms with Gasteiger partial charge in [-0.05, 0) is 36.4 Å². The summed E-state index contributed by atoms with van der Waals surface area (Å²) in [5.41, 5.74) is 3.76.